The number of anilines is 1. The maximum Gasteiger partial charge on any atom is 0.270 e. The van der Waals surface area contributed by atoms with Crippen molar-refractivity contribution in [3.63, 3.8) is 0 Å². The Morgan fingerprint density at radius 2 is 1.93 bits per heavy atom. The average Bonchev–Trinajstić information content (AvgIpc) is 2.76. The van der Waals surface area contributed by atoms with Gasteiger partial charge in [0.25, 0.3) is 11.8 Å². The molecule has 1 aliphatic rings. The van der Waals surface area contributed by atoms with Gasteiger partial charge < -0.3 is 10.2 Å². The zero-order valence-corrected chi connectivity index (χ0v) is 17.2. The summed E-state index contributed by atoms with van der Waals surface area (Å²) in [6.07, 6.45) is 2.17. The minimum absolute atomic E-state index is 0.0921. The quantitative estimate of drug-likeness (QED) is 0.645. The van der Waals surface area contributed by atoms with Gasteiger partial charge in [0.15, 0.2) is 0 Å². The fourth-order valence-corrected chi connectivity index (χ4v) is 3.61. The highest BCUT2D eigenvalue weighted by molar-refractivity contribution is 6.30. The predicted molar refractivity (Wildman–Crippen MR) is 118 cm³/mol. The molecule has 6 heteroatoms. The van der Waals surface area contributed by atoms with E-state index in [0.717, 1.165) is 11.1 Å². The average molecular weight is 418 g/mol. The smallest absolute Gasteiger partial charge is 0.270 e. The first kappa shape index (κ1) is 19.9. The first-order valence-corrected chi connectivity index (χ1v) is 9.95. The number of hydrogen-bond acceptors (Lipinski definition) is 3. The number of likely N-dealkylation sites (N-methyl/N-ethyl adjacent to an activating group) is 1. The molecule has 5 nitrogen and oxygen atoms in total. The van der Waals surface area contributed by atoms with E-state index < -0.39 is 0 Å². The van der Waals surface area contributed by atoms with Crippen molar-refractivity contribution < 1.29 is 9.59 Å². The van der Waals surface area contributed by atoms with Crippen LogP contribution < -0.4 is 10.2 Å². The summed E-state index contributed by atoms with van der Waals surface area (Å²) >= 11 is 6.06. The van der Waals surface area contributed by atoms with Gasteiger partial charge in [-0.25, -0.2) is 4.98 Å². The maximum absolute atomic E-state index is 12.8. The molecule has 0 unspecified atom stereocenters. The zero-order chi connectivity index (χ0) is 21.1. The van der Waals surface area contributed by atoms with Crippen molar-refractivity contribution in [3.8, 4) is 0 Å². The molecule has 150 valence electrons. The highest BCUT2D eigenvalue weighted by Gasteiger charge is 2.27. The summed E-state index contributed by atoms with van der Waals surface area (Å²) in [6.45, 7) is 0.427. The first-order valence-electron chi connectivity index (χ1n) is 9.57. The van der Waals surface area contributed by atoms with Crippen molar-refractivity contribution in [2.75, 3.05) is 11.9 Å². The lowest BCUT2D eigenvalue weighted by molar-refractivity contribution is -0.115. The summed E-state index contributed by atoms with van der Waals surface area (Å²) < 4.78 is 0. The molecular formula is C24H20ClN3O2. The third-order valence-electron chi connectivity index (χ3n) is 4.97. The molecule has 0 radical (unpaired) electrons. The summed E-state index contributed by atoms with van der Waals surface area (Å²) in [7, 11) is 1.71. The lowest BCUT2D eigenvalue weighted by Crippen LogP contribution is -2.34. The van der Waals surface area contributed by atoms with Gasteiger partial charge in [0, 0.05) is 30.6 Å². The van der Waals surface area contributed by atoms with Crippen LogP contribution in [0.25, 0.3) is 6.08 Å². The van der Waals surface area contributed by atoms with Crippen molar-refractivity contribution in [1.29, 1.82) is 0 Å². The number of pyridine rings is 1. The number of carbonyl (C=O) groups excluding carboxylic acids is 2. The Morgan fingerprint density at radius 1 is 1.13 bits per heavy atom. The van der Waals surface area contributed by atoms with Crippen molar-refractivity contribution in [2.45, 2.75) is 13.0 Å². The Labute approximate surface area is 180 Å². The second kappa shape index (κ2) is 8.51. The fraction of sp³-hybridized carbons (Fsp3) is 0.125. The van der Waals surface area contributed by atoms with E-state index in [1.165, 1.54) is 0 Å². The molecule has 1 aliphatic heterocycles. The molecule has 0 aliphatic carbocycles. The number of amides is 2. The third kappa shape index (κ3) is 4.26. The van der Waals surface area contributed by atoms with Crippen LogP contribution in [-0.2, 0) is 17.8 Å². The van der Waals surface area contributed by atoms with Gasteiger partial charge in [-0.2, -0.15) is 0 Å². The van der Waals surface area contributed by atoms with Crippen LogP contribution in [0.3, 0.4) is 0 Å². The van der Waals surface area contributed by atoms with Crippen LogP contribution >= 0.6 is 11.6 Å². The largest absolute Gasteiger partial charge is 0.347 e. The van der Waals surface area contributed by atoms with Gasteiger partial charge in [-0.3, -0.25) is 9.59 Å². The van der Waals surface area contributed by atoms with Gasteiger partial charge in [-0.15, -0.1) is 0 Å². The number of nitrogens with one attached hydrogen (secondary N) is 1. The molecule has 0 atom stereocenters. The lowest BCUT2D eigenvalue weighted by atomic mass is 9.99. The molecule has 0 fully saturated rings. The standard InChI is InChI=1S/C24H20ClN3O2/c1-28-22-11-10-20(23(29)26-15-16-6-3-2-4-7-16)27-21(22)14-18(24(28)30)12-17-8-5-9-19(25)13-17/h2-13H,14-15H2,1H3,(H,26,29)/b18-12-. The van der Waals surface area contributed by atoms with Crippen LogP contribution in [0.2, 0.25) is 5.02 Å². The van der Waals surface area contributed by atoms with Crippen LogP contribution in [0.1, 0.15) is 27.3 Å². The Hall–Kier alpha value is -3.44. The topological polar surface area (TPSA) is 62.3 Å². The summed E-state index contributed by atoms with van der Waals surface area (Å²) in [5, 5.41) is 3.50. The Bertz CT molecular complexity index is 1140. The van der Waals surface area contributed by atoms with Gasteiger partial charge in [0.2, 0.25) is 0 Å². The van der Waals surface area contributed by atoms with Gasteiger partial charge in [0.05, 0.1) is 11.4 Å². The van der Waals surface area contributed by atoms with E-state index in [-0.39, 0.29) is 11.8 Å². The van der Waals surface area contributed by atoms with Crippen LogP contribution in [-0.4, -0.2) is 23.8 Å². The van der Waals surface area contributed by atoms with Crippen LogP contribution in [0.4, 0.5) is 5.69 Å². The molecule has 0 saturated heterocycles. The second-order valence-electron chi connectivity index (χ2n) is 7.10. The molecule has 3 aromatic rings. The van der Waals surface area contributed by atoms with Crippen LogP contribution in [0, 0.1) is 0 Å². The molecule has 2 aromatic carbocycles. The van der Waals surface area contributed by atoms with E-state index in [2.05, 4.69) is 10.3 Å². The summed E-state index contributed by atoms with van der Waals surface area (Å²) in [5.74, 6) is -0.341. The number of halogens is 1. The number of rotatable bonds is 4. The fourth-order valence-electron chi connectivity index (χ4n) is 3.42. The van der Waals surface area contributed by atoms with Crippen molar-refractivity contribution in [1.82, 2.24) is 10.3 Å². The van der Waals surface area contributed by atoms with Crippen LogP contribution in [0.5, 0.6) is 0 Å². The van der Waals surface area contributed by atoms with E-state index in [9.17, 15) is 9.59 Å². The Morgan fingerprint density at radius 3 is 2.70 bits per heavy atom. The number of aromatic nitrogens is 1. The lowest BCUT2D eigenvalue weighted by Gasteiger charge is -2.27. The van der Waals surface area contributed by atoms with Crippen LogP contribution in [0.15, 0.2) is 72.3 Å². The molecular weight excluding hydrogens is 398 g/mol. The molecule has 30 heavy (non-hydrogen) atoms. The second-order valence-corrected chi connectivity index (χ2v) is 7.53. The molecule has 0 spiro atoms. The van der Waals surface area contributed by atoms with Gasteiger partial charge >= 0.3 is 0 Å². The number of nitrogens with zero attached hydrogens (tertiary/aromatic N) is 2. The highest BCUT2D eigenvalue weighted by Crippen LogP contribution is 2.29. The molecule has 0 bridgehead atoms. The predicted octanol–water partition coefficient (Wildman–Crippen LogP) is 4.27. The third-order valence-corrected chi connectivity index (χ3v) is 5.20. The monoisotopic (exact) mass is 417 g/mol. The van der Waals surface area contributed by atoms with E-state index in [1.807, 2.05) is 48.5 Å². The van der Waals surface area contributed by atoms with Gasteiger partial charge in [-0.05, 0) is 41.5 Å². The molecule has 4 rings (SSSR count). The van der Waals surface area contributed by atoms with E-state index in [0.29, 0.717) is 40.6 Å². The summed E-state index contributed by atoms with van der Waals surface area (Å²) in [4.78, 5) is 31.5. The summed E-state index contributed by atoms with van der Waals surface area (Å²) in [5.41, 5.74) is 4.19. The van der Waals surface area contributed by atoms with Crippen molar-refractivity contribution in [2.24, 2.45) is 0 Å². The molecule has 0 saturated carbocycles. The maximum atomic E-state index is 12.8. The van der Waals surface area contributed by atoms with Crippen molar-refractivity contribution >= 4 is 35.2 Å². The Balaban J connectivity index is 1.57. The number of benzene rings is 2. The number of hydrogen-bond donors (Lipinski definition) is 1. The normalized spacial score (nSPS) is 14.5. The van der Waals surface area contributed by atoms with E-state index in [1.54, 1.807) is 36.2 Å². The number of fused-ring (bicyclic) bond motifs is 1. The number of carbonyl (C=O) groups is 2. The zero-order valence-electron chi connectivity index (χ0n) is 16.4. The molecule has 1 N–H and O–H groups in total. The minimum atomic E-state index is -0.249. The van der Waals surface area contributed by atoms with Gasteiger partial charge in [0.1, 0.15) is 5.69 Å². The highest BCUT2D eigenvalue weighted by atomic mass is 35.5. The molecule has 2 amide bonds. The van der Waals surface area contributed by atoms with Crippen molar-refractivity contribution in [3.05, 3.63) is 99.8 Å². The first-order chi connectivity index (χ1) is 14.5. The molecule has 2 heterocycles. The summed E-state index contributed by atoms with van der Waals surface area (Å²) in [6, 6.07) is 20.4. The molecule has 1 aromatic heterocycles. The minimum Gasteiger partial charge on any atom is -0.347 e. The van der Waals surface area contributed by atoms with E-state index in [4.69, 9.17) is 11.6 Å². The van der Waals surface area contributed by atoms with Gasteiger partial charge in [-0.1, -0.05) is 54.1 Å². The SMILES string of the molecule is CN1C(=O)/C(=C\c2cccc(Cl)c2)Cc2nc(C(=O)NCc3ccccc3)ccc21. The van der Waals surface area contributed by atoms with E-state index >= 15 is 0 Å². The Kier molecular flexibility index (Phi) is 5.63.